The predicted molar refractivity (Wildman–Crippen MR) is 83.3 cm³/mol. The minimum absolute atomic E-state index is 0.0861. The van der Waals surface area contributed by atoms with Gasteiger partial charge in [-0.1, -0.05) is 19.1 Å². The molecule has 126 valence electrons. The monoisotopic (exact) mass is 340 g/mol. The Morgan fingerprint density at radius 2 is 1.83 bits per heavy atom. The van der Waals surface area contributed by atoms with Crippen molar-refractivity contribution >= 4 is 21.9 Å². The molecule has 0 aromatic heterocycles. The number of hydrogen-bond donors (Lipinski definition) is 3. The van der Waals surface area contributed by atoms with Crippen LogP contribution in [0.5, 0.6) is 0 Å². The first-order valence-electron chi connectivity index (χ1n) is 7.42. The second kappa shape index (κ2) is 7.10. The number of rotatable bonds is 7. The van der Waals surface area contributed by atoms with Crippen LogP contribution in [0.25, 0.3) is 0 Å². The molecule has 0 aliphatic heterocycles. The van der Waals surface area contributed by atoms with Crippen molar-refractivity contribution in [1.29, 1.82) is 0 Å². The van der Waals surface area contributed by atoms with Crippen LogP contribution in [0.4, 0.5) is 0 Å². The van der Waals surface area contributed by atoms with E-state index in [1.165, 1.54) is 12.1 Å². The molecule has 3 N–H and O–H groups in total. The second-order valence-electron chi connectivity index (χ2n) is 5.59. The molecule has 1 saturated carbocycles. The Kier molecular flexibility index (Phi) is 5.38. The average molecular weight is 340 g/mol. The Bertz CT molecular complexity index is 678. The summed E-state index contributed by atoms with van der Waals surface area (Å²) in [6, 6.07) is 6.04. The van der Waals surface area contributed by atoms with Gasteiger partial charge in [-0.25, -0.2) is 13.1 Å². The highest BCUT2D eigenvalue weighted by Gasteiger charge is 2.35. The van der Waals surface area contributed by atoms with Crippen molar-refractivity contribution in [2.24, 2.45) is 5.92 Å². The van der Waals surface area contributed by atoms with Gasteiger partial charge in [0.25, 0.3) is 0 Å². The van der Waals surface area contributed by atoms with Crippen LogP contribution in [0.2, 0.25) is 0 Å². The normalized spacial score (nSPS) is 20.6. The highest BCUT2D eigenvalue weighted by molar-refractivity contribution is 7.89. The second-order valence-corrected chi connectivity index (χ2v) is 7.36. The lowest BCUT2D eigenvalue weighted by molar-refractivity contribution is -0.146. The summed E-state index contributed by atoms with van der Waals surface area (Å²) in [5.74, 6) is -1.38. The first-order chi connectivity index (χ1) is 10.8. The van der Waals surface area contributed by atoms with Gasteiger partial charge in [0.05, 0.1) is 17.2 Å². The summed E-state index contributed by atoms with van der Waals surface area (Å²) in [6.07, 6.45) is 1.05. The van der Waals surface area contributed by atoms with Gasteiger partial charge in [-0.15, -0.1) is 0 Å². The number of aliphatic carboxylic acids is 1. The van der Waals surface area contributed by atoms with Gasteiger partial charge in [0.1, 0.15) is 0 Å². The van der Waals surface area contributed by atoms with Gasteiger partial charge in [0, 0.05) is 12.6 Å². The standard InChI is InChI=1S/C15H20N2O5S/c1-2-16-23(21,22)13-5-3-10(4-6-13)7-14(18)17-12-8-11(9-12)15(19)20/h3-6,11-12,16H,2,7-9H2,1H3,(H,17,18)(H,19,20). The molecule has 0 radical (unpaired) electrons. The number of carboxylic acid groups (broad SMARTS) is 1. The zero-order valence-electron chi connectivity index (χ0n) is 12.8. The third-order valence-electron chi connectivity index (χ3n) is 3.79. The Labute approximate surface area is 135 Å². The lowest BCUT2D eigenvalue weighted by atomic mass is 9.80. The van der Waals surface area contributed by atoms with Gasteiger partial charge < -0.3 is 10.4 Å². The molecule has 23 heavy (non-hydrogen) atoms. The molecule has 7 nitrogen and oxygen atoms in total. The molecule has 0 unspecified atom stereocenters. The van der Waals surface area contributed by atoms with E-state index in [-0.39, 0.29) is 29.2 Å². The molecule has 1 fully saturated rings. The van der Waals surface area contributed by atoms with Gasteiger partial charge in [-0.3, -0.25) is 9.59 Å². The number of benzene rings is 1. The van der Waals surface area contributed by atoms with Crippen molar-refractivity contribution in [2.75, 3.05) is 6.54 Å². The molecule has 1 aromatic rings. The molecular weight excluding hydrogens is 320 g/mol. The molecule has 0 atom stereocenters. The van der Waals surface area contributed by atoms with Crippen LogP contribution in [-0.2, 0) is 26.0 Å². The van der Waals surface area contributed by atoms with Crippen molar-refractivity contribution in [3.63, 3.8) is 0 Å². The quantitative estimate of drug-likeness (QED) is 0.669. The molecule has 1 amide bonds. The van der Waals surface area contributed by atoms with Gasteiger partial charge in [-0.2, -0.15) is 0 Å². The van der Waals surface area contributed by atoms with E-state index in [2.05, 4.69) is 10.0 Å². The van der Waals surface area contributed by atoms with E-state index in [1.807, 2.05) is 0 Å². The van der Waals surface area contributed by atoms with Crippen LogP contribution in [0.3, 0.4) is 0 Å². The number of carbonyl (C=O) groups excluding carboxylic acids is 1. The van der Waals surface area contributed by atoms with Crippen molar-refractivity contribution < 1.29 is 23.1 Å². The molecule has 1 aromatic carbocycles. The zero-order chi connectivity index (χ0) is 17.0. The molecule has 0 heterocycles. The third kappa shape index (κ3) is 4.52. The fourth-order valence-corrected chi connectivity index (χ4v) is 3.50. The van der Waals surface area contributed by atoms with Gasteiger partial charge >= 0.3 is 5.97 Å². The molecule has 1 aliphatic rings. The Morgan fingerprint density at radius 1 is 1.22 bits per heavy atom. The molecule has 8 heteroatoms. The van der Waals surface area contributed by atoms with Crippen LogP contribution in [-0.4, -0.2) is 38.0 Å². The number of carbonyl (C=O) groups is 2. The third-order valence-corrected chi connectivity index (χ3v) is 5.35. The van der Waals surface area contributed by atoms with E-state index in [0.29, 0.717) is 24.9 Å². The maximum atomic E-state index is 11.9. The summed E-state index contributed by atoms with van der Waals surface area (Å²) in [4.78, 5) is 22.7. The van der Waals surface area contributed by atoms with Gasteiger partial charge in [0.15, 0.2) is 0 Å². The largest absolute Gasteiger partial charge is 0.481 e. The lowest BCUT2D eigenvalue weighted by Crippen LogP contribution is -2.47. The Morgan fingerprint density at radius 3 is 2.35 bits per heavy atom. The first kappa shape index (κ1) is 17.4. The SMILES string of the molecule is CCNS(=O)(=O)c1ccc(CC(=O)NC2CC(C(=O)O)C2)cc1. The van der Waals surface area contributed by atoms with Gasteiger partial charge in [-0.05, 0) is 30.5 Å². The zero-order valence-corrected chi connectivity index (χ0v) is 13.6. The molecule has 1 aliphatic carbocycles. The van der Waals surface area contributed by atoms with E-state index >= 15 is 0 Å². The van der Waals surface area contributed by atoms with Crippen molar-refractivity contribution in [3.05, 3.63) is 29.8 Å². The Hall–Kier alpha value is -1.93. The summed E-state index contributed by atoms with van der Waals surface area (Å²) in [5.41, 5.74) is 0.701. The van der Waals surface area contributed by atoms with Crippen LogP contribution in [0, 0.1) is 5.92 Å². The lowest BCUT2D eigenvalue weighted by Gasteiger charge is -2.32. The number of amides is 1. The Balaban J connectivity index is 1.86. The number of hydrogen-bond acceptors (Lipinski definition) is 4. The number of nitrogens with one attached hydrogen (secondary N) is 2. The van der Waals surface area contributed by atoms with E-state index < -0.39 is 16.0 Å². The van der Waals surface area contributed by atoms with Crippen LogP contribution in [0.1, 0.15) is 25.3 Å². The van der Waals surface area contributed by atoms with E-state index in [0.717, 1.165) is 0 Å². The molecule has 0 spiro atoms. The first-order valence-corrected chi connectivity index (χ1v) is 8.91. The molecule has 2 rings (SSSR count). The maximum Gasteiger partial charge on any atom is 0.306 e. The predicted octanol–water partition coefficient (Wildman–Crippen LogP) is 0.507. The number of sulfonamides is 1. The van der Waals surface area contributed by atoms with Gasteiger partial charge in [0.2, 0.25) is 15.9 Å². The average Bonchev–Trinajstić information content (AvgIpc) is 2.42. The highest BCUT2D eigenvalue weighted by Crippen LogP contribution is 2.27. The molecular formula is C15H20N2O5S. The summed E-state index contributed by atoms with van der Waals surface area (Å²) >= 11 is 0. The number of carboxylic acids is 1. The van der Waals surface area contributed by atoms with Crippen molar-refractivity contribution in [1.82, 2.24) is 10.0 Å². The summed E-state index contributed by atoms with van der Waals surface area (Å²) < 4.78 is 26.0. The molecule has 0 bridgehead atoms. The summed E-state index contributed by atoms with van der Waals surface area (Å²) in [5, 5.41) is 11.6. The van der Waals surface area contributed by atoms with Crippen LogP contribution in [0.15, 0.2) is 29.2 Å². The maximum absolute atomic E-state index is 11.9. The van der Waals surface area contributed by atoms with E-state index in [9.17, 15) is 18.0 Å². The van der Waals surface area contributed by atoms with Crippen LogP contribution >= 0.6 is 0 Å². The van der Waals surface area contributed by atoms with Crippen LogP contribution < -0.4 is 10.0 Å². The summed E-state index contributed by atoms with van der Waals surface area (Å²) in [6.45, 7) is 2.01. The minimum Gasteiger partial charge on any atom is -0.481 e. The van der Waals surface area contributed by atoms with E-state index in [4.69, 9.17) is 5.11 Å². The van der Waals surface area contributed by atoms with Crippen molar-refractivity contribution in [3.8, 4) is 0 Å². The minimum atomic E-state index is -3.49. The fraction of sp³-hybridized carbons (Fsp3) is 0.467. The fourth-order valence-electron chi connectivity index (χ4n) is 2.46. The molecule has 0 saturated heterocycles. The summed E-state index contributed by atoms with van der Waals surface area (Å²) in [7, 11) is -3.49. The highest BCUT2D eigenvalue weighted by atomic mass is 32.2. The van der Waals surface area contributed by atoms with Crippen molar-refractivity contribution in [2.45, 2.75) is 37.1 Å². The van der Waals surface area contributed by atoms with E-state index in [1.54, 1.807) is 19.1 Å². The smallest absolute Gasteiger partial charge is 0.306 e. The topological polar surface area (TPSA) is 113 Å².